The van der Waals surface area contributed by atoms with E-state index in [1.54, 1.807) is 0 Å². The minimum Gasteiger partial charge on any atom is -0.475 e. The first-order chi connectivity index (χ1) is 17.5. The molecule has 0 bridgehead atoms. The van der Waals surface area contributed by atoms with Gasteiger partial charge in [0.15, 0.2) is 11.5 Å². The van der Waals surface area contributed by atoms with Crippen molar-refractivity contribution in [1.82, 2.24) is 19.5 Å². The van der Waals surface area contributed by atoms with Gasteiger partial charge in [0.05, 0.1) is 0 Å². The van der Waals surface area contributed by atoms with Gasteiger partial charge in [0.1, 0.15) is 11.3 Å². The monoisotopic (exact) mass is 481 g/mol. The van der Waals surface area contributed by atoms with E-state index in [0.717, 1.165) is 28.0 Å². The van der Waals surface area contributed by atoms with Crippen molar-refractivity contribution in [2.75, 3.05) is 5.32 Å². The molecular formula is C29H31N5O2. The molecule has 0 spiro atoms. The third-order valence-corrected chi connectivity index (χ3v) is 7.66. The average molecular weight is 482 g/mol. The summed E-state index contributed by atoms with van der Waals surface area (Å²) in [6.07, 6.45) is 6.15. The van der Waals surface area contributed by atoms with Crippen LogP contribution in [0.3, 0.4) is 0 Å². The standard InChI is InChI=1S/C29H31N5O2/c1-17-5-3-8-23(15-17)28-33-26-24(34(28)16-19-9-11-21(12-10-19)22-13-14-22)25(31-27(32-26)29(35)36)30-18(2)20-6-4-7-20/h3,5,8-12,15,18,20,22H,4,6-7,13-14,16H2,1-2H3,(H,35,36)(H,30,31,32). The zero-order valence-electron chi connectivity index (χ0n) is 20.7. The lowest BCUT2D eigenvalue weighted by atomic mass is 9.80. The quantitative estimate of drug-likeness (QED) is 0.319. The van der Waals surface area contributed by atoms with Crippen molar-refractivity contribution in [3.63, 3.8) is 0 Å². The molecule has 2 aromatic carbocycles. The van der Waals surface area contributed by atoms with E-state index in [1.807, 2.05) is 12.1 Å². The van der Waals surface area contributed by atoms with Crippen LogP contribution in [0.15, 0.2) is 48.5 Å². The molecule has 2 heterocycles. The zero-order valence-corrected chi connectivity index (χ0v) is 20.7. The highest BCUT2D eigenvalue weighted by molar-refractivity contribution is 5.92. The van der Waals surface area contributed by atoms with Gasteiger partial charge in [-0.25, -0.2) is 19.7 Å². The fourth-order valence-electron chi connectivity index (χ4n) is 5.16. The van der Waals surface area contributed by atoms with Gasteiger partial charge < -0.3 is 15.0 Å². The molecule has 2 aliphatic rings. The number of aromatic nitrogens is 4. The minimum atomic E-state index is -1.15. The van der Waals surface area contributed by atoms with Gasteiger partial charge in [-0.05, 0) is 68.6 Å². The van der Waals surface area contributed by atoms with Gasteiger partial charge in [-0.3, -0.25) is 0 Å². The van der Waals surface area contributed by atoms with Crippen LogP contribution in [0.2, 0.25) is 0 Å². The van der Waals surface area contributed by atoms with Gasteiger partial charge in [0.2, 0.25) is 5.82 Å². The highest BCUT2D eigenvalue weighted by Gasteiger charge is 2.28. The van der Waals surface area contributed by atoms with Crippen LogP contribution >= 0.6 is 0 Å². The normalized spacial score (nSPS) is 16.6. The van der Waals surface area contributed by atoms with Crippen LogP contribution in [0.25, 0.3) is 22.6 Å². The van der Waals surface area contributed by atoms with Crippen LogP contribution in [0.5, 0.6) is 0 Å². The number of fused-ring (bicyclic) bond motifs is 1. The first-order valence-electron chi connectivity index (χ1n) is 12.9. The summed E-state index contributed by atoms with van der Waals surface area (Å²) in [7, 11) is 0. The number of aryl methyl sites for hydroxylation is 1. The molecule has 1 atom stereocenters. The number of nitrogens with zero attached hydrogens (tertiary/aromatic N) is 4. The molecule has 0 aliphatic heterocycles. The molecule has 2 fully saturated rings. The minimum absolute atomic E-state index is 0.182. The van der Waals surface area contributed by atoms with Crippen molar-refractivity contribution in [2.24, 2.45) is 5.92 Å². The molecule has 6 rings (SSSR count). The number of anilines is 1. The first kappa shape index (κ1) is 22.7. The van der Waals surface area contributed by atoms with Crippen LogP contribution in [-0.2, 0) is 6.54 Å². The molecule has 2 aliphatic carbocycles. The number of hydrogen-bond donors (Lipinski definition) is 2. The third kappa shape index (κ3) is 4.34. The fourth-order valence-corrected chi connectivity index (χ4v) is 5.16. The first-order valence-corrected chi connectivity index (χ1v) is 12.9. The molecule has 2 aromatic heterocycles. The molecule has 184 valence electrons. The Kier molecular flexibility index (Phi) is 5.70. The molecule has 2 N–H and O–H groups in total. The topological polar surface area (TPSA) is 92.9 Å². The largest absolute Gasteiger partial charge is 0.475 e. The van der Waals surface area contributed by atoms with E-state index >= 15 is 0 Å². The second kappa shape index (κ2) is 9.04. The SMILES string of the molecule is Cc1cccc(-c2nc3nc(C(=O)O)nc(NC(C)C4CCC4)c3n2Cc2ccc(C3CC3)cc2)c1. The number of benzene rings is 2. The number of rotatable bonds is 8. The Morgan fingerprint density at radius 3 is 2.50 bits per heavy atom. The van der Waals surface area contributed by atoms with Gasteiger partial charge in [-0.1, -0.05) is 54.4 Å². The lowest BCUT2D eigenvalue weighted by Crippen LogP contribution is -2.31. The number of carboxylic acid groups (broad SMARTS) is 1. The van der Waals surface area contributed by atoms with E-state index in [0.29, 0.717) is 29.8 Å². The summed E-state index contributed by atoms with van der Waals surface area (Å²) in [5, 5.41) is 13.3. The van der Waals surface area contributed by atoms with Gasteiger partial charge in [-0.2, -0.15) is 0 Å². The summed E-state index contributed by atoms with van der Waals surface area (Å²) in [6.45, 7) is 4.80. The maximum atomic E-state index is 11.9. The highest BCUT2D eigenvalue weighted by atomic mass is 16.4. The van der Waals surface area contributed by atoms with E-state index in [1.165, 1.54) is 37.7 Å². The van der Waals surface area contributed by atoms with E-state index in [4.69, 9.17) is 4.98 Å². The lowest BCUT2D eigenvalue weighted by Gasteiger charge is -2.32. The van der Waals surface area contributed by atoms with E-state index in [9.17, 15) is 9.90 Å². The molecule has 1 unspecified atom stereocenters. The summed E-state index contributed by atoms with van der Waals surface area (Å²) in [4.78, 5) is 25.6. The molecule has 4 aromatic rings. The van der Waals surface area contributed by atoms with Crippen molar-refractivity contribution >= 4 is 23.0 Å². The smallest absolute Gasteiger partial charge is 0.374 e. The van der Waals surface area contributed by atoms with Gasteiger partial charge in [-0.15, -0.1) is 0 Å². The van der Waals surface area contributed by atoms with Crippen LogP contribution < -0.4 is 5.32 Å². The Labute approximate surface area is 210 Å². The van der Waals surface area contributed by atoms with Crippen LogP contribution in [0.4, 0.5) is 5.82 Å². The van der Waals surface area contributed by atoms with Crippen molar-refractivity contribution in [1.29, 1.82) is 0 Å². The van der Waals surface area contributed by atoms with Crippen molar-refractivity contribution < 1.29 is 9.90 Å². The van der Waals surface area contributed by atoms with Crippen molar-refractivity contribution in [2.45, 2.75) is 64.5 Å². The zero-order chi connectivity index (χ0) is 24.8. The van der Waals surface area contributed by atoms with Gasteiger partial charge in [0.25, 0.3) is 0 Å². The Morgan fingerprint density at radius 1 is 1.08 bits per heavy atom. The predicted molar refractivity (Wildman–Crippen MR) is 140 cm³/mol. The molecule has 0 amide bonds. The summed E-state index contributed by atoms with van der Waals surface area (Å²) < 4.78 is 2.14. The van der Waals surface area contributed by atoms with E-state index in [-0.39, 0.29) is 11.9 Å². The summed E-state index contributed by atoms with van der Waals surface area (Å²) in [5.74, 6) is 1.18. The van der Waals surface area contributed by atoms with Crippen LogP contribution in [0.1, 0.15) is 72.3 Å². The number of nitrogens with one attached hydrogen (secondary N) is 1. The Bertz CT molecular complexity index is 1430. The number of aromatic carboxylic acids is 1. The summed E-state index contributed by atoms with van der Waals surface area (Å²) in [5.41, 5.74) is 5.81. The average Bonchev–Trinajstić information content (AvgIpc) is 3.60. The Hall–Kier alpha value is -3.74. The fraction of sp³-hybridized carbons (Fsp3) is 0.379. The second-order valence-corrected chi connectivity index (χ2v) is 10.4. The Morgan fingerprint density at radius 2 is 1.86 bits per heavy atom. The van der Waals surface area contributed by atoms with Crippen molar-refractivity contribution in [3.05, 3.63) is 71.0 Å². The maximum Gasteiger partial charge on any atom is 0.374 e. The number of carbonyl (C=O) groups is 1. The van der Waals surface area contributed by atoms with Crippen LogP contribution in [-0.4, -0.2) is 36.6 Å². The van der Waals surface area contributed by atoms with E-state index < -0.39 is 5.97 Å². The maximum absolute atomic E-state index is 11.9. The third-order valence-electron chi connectivity index (χ3n) is 7.66. The Balaban J connectivity index is 1.50. The van der Waals surface area contributed by atoms with Gasteiger partial charge in [0, 0.05) is 18.2 Å². The highest BCUT2D eigenvalue weighted by Crippen LogP contribution is 2.40. The second-order valence-electron chi connectivity index (χ2n) is 10.4. The molecule has 36 heavy (non-hydrogen) atoms. The number of carboxylic acids is 1. The molecular weight excluding hydrogens is 450 g/mol. The molecule has 0 radical (unpaired) electrons. The van der Waals surface area contributed by atoms with Crippen molar-refractivity contribution in [3.8, 4) is 11.4 Å². The summed E-state index contributed by atoms with van der Waals surface area (Å²) >= 11 is 0. The van der Waals surface area contributed by atoms with E-state index in [2.05, 4.69) is 70.1 Å². The molecule has 7 nitrogen and oxygen atoms in total. The predicted octanol–water partition coefficient (Wildman–Crippen LogP) is 6.03. The number of hydrogen-bond acceptors (Lipinski definition) is 5. The molecule has 7 heteroatoms. The lowest BCUT2D eigenvalue weighted by molar-refractivity contribution is 0.0684. The molecule has 0 saturated heterocycles. The van der Waals surface area contributed by atoms with Gasteiger partial charge >= 0.3 is 5.97 Å². The number of imidazole rings is 1. The summed E-state index contributed by atoms with van der Waals surface area (Å²) in [6, 6.07) is 17.2. The van der Waals surface area contributed by atoms with Crippen LogP contribution in [0, 0.1) is 12.8 Å². The molecule has 2 saturated carbocycles.